The topological polar surface area (TPSA) is 114 Å². The smallest absolute Gasteiger partial charge is 0.369 e. The molecule has 7 nitrogen and oxygen atoms in total. The summed E-state index contributed by atoms with van der Waals surface area (Å²) in [6.07, 6.45) is -22.3. The number of nitrogens with two attached hydrogens (primary N) is 1. The van der Waals surface area contributed by atoms with Gasteiger partial charge in [0, 0.05) is 35.8 Å². The molecule has 0 radical (unpaired) electrons. The van der Waals surface area contributed by atoms with Crippen molar-refractivity contribution in [2.24, 2.45) is 22.6 Å². The third-order valence-corrected chi connectivity index (χ3v) is 6.62. The van der Waals surface area contributed by atoms with Crippen molar-refractivity contribution >= 4 is 29.1 Å². The van der Waals surface area contributed by atoms with Gasteiger partial charge in [-0.05, 0) is 31.9 Å². The molecule has 3 atom stereocenters. The molecule has 1 heterocycles. The highest BCUT2D eigenvalue weighted by Gasteiger charge is 2.42. The Morgan fingerprint density at radius 2 is 1.51 bits per heavy atom. The van der Waals surface area contributed by atoms with E-state index in [9.17, 15) is 53.9 Å². The third kappa shape index (κ3) is 8.94. The molecule has 2 aromatic rings. The van der Waals surface area contributed by atoms with Gasteiger partial charge in [0.25, 0.3) is 5.91 Å². The molecule has 1 aliphatic rings. The molecule has 1 aliphatic heterocycles. The van der Waals surface area contributed by atoms with E-state index in [1.165, 1.54) is 18.2 Å². The minimum absolute atomic E-state index is 0.195. The predicted octanol–water partition coefficient (Wildman–Crippen LogP) is 5.65. The molecule has 0 bridgehead atoms. The lowest BCUT2D eigenvalue weighted by molar-refractivity contribution is -0.152. The fraction of sp³-hybridized carbons (Fsp3) is 0.407. The van der Waals surface area contributed by atoms with E-state index in [0.29, 0.717) is 11.6 Å². The number of carbonyl (C=O) groups is 3. The van der Waals surface area contributed by atoms with E-state index in [4.69, 9.17) is 5.73 Å². The van der Waals surface area contributed by atoms with E-state index in [-0.39, 0.29) is 16.8 Å². The molecule has 2 aromatic carbocycles. The number of para-hydroxylation sites is 1. The molecule has 0 aliphatic carbocycles. The molecular formula is C27H25F9N4O3. The Hall–Kier alpha value is -4.11. The number of aliphatic imine (C=N–C) groups is 1. The molecule has 0 aromatic heterocycles. The quantitative estimate of drug-likeness (QED) is 0.314. The standard InChI is InChI=1S/C27H25F9N4O3/c1-13-4-2-5-14(12-13)19-17-6-3-7-18(27(34,35)36)20(17)39-24(43)22(38-19)40-23(42)16(9-11-26(31,32)33)15(21(37)41)8-10-25(28,29)30/h2-7,12,15-16,22H,8-11H2,1H3,(H2,37,41)(H,39,43)(H,40,42). The number of rotatable bonds is 9. The van der Waals surface area contributed by atoms with Crippen LogP contribution in [0.2, 0.25) is 0 Å². The summed E-state index contributed by atoms with van der Waals surface area (Å²) < 4.78 is 119. The molecule has 0 saturated heterocycles. The van der Waals surface area contributed by atoms with Crippen LogP contribution >= 0.6 is 0 Å². The molecule has 3 amide bonds. The van der Waals surface area contributed by atoms with Gasteiger partial charge < -0.3 is 16.4 Å². The summed E-state index contributed by atoms with van der Waals surface area (Å²) in [5.41, 5.74) is 3.67. The Balaban J connectivity index is 2.08. The molecule has 16 heteroatoms. The lowest BCUT2D eigenvalue weighted by atomic mass is 9.83. The summed E-state index contributed by atoms with van der Waals surface area (Å²) in [5.74, 6) is -8.38. The molecule has 0 saturated carbocycles. The van der Waals surface area contributed by atoms with Crippen LogP contribution in [-0.2, 0) is 20.6 Å². The highest BCUT2D eigenvalue weighted by molar-refractivity contribution is 6.20. The van der Waals surface area contributed by atoms with Gasteiger partial charge in [0.1, 0.15) is 0 Å². The van der Waals surface area contributed by atoms with E-state index in [2.05, 4.69) is 10.3 Å². The zero-order chi connectivity index (χ0) is 32.3. The van der Waals surface area contributed by atoms with Crippen LogP contribution < -0.4 is 16.4 Å². The lowest BCUT2D eigenvalue weighted by Crippen LogP contribution is -2.48. The first-order valence-electron chi connectivity index (χ1n) is 12.7. The number of fused-ring (bicyclic) bond motifs is 1. The summed E-state index contributed by atoms with van der Waals surface area (Å²) in [6.45, 7) is 1.66. The Morgan fingerprint density at radius 1 is 0.930 bits per heavy atom. The SMILES string of the molecule is Cc1cccc(C2=NC(NC(=O)C(CCC(F)(F)F)C(CCC(F)(F)F)C(N)=O)C(=O)Nc3c2cccc3C(F)(F)F)c1. The summed E-state index contributed by atoms with van der Waals surface area (Å²) in [4.78, 5) is 42.5. The van der Waals surface area contributed by atoms with Gasteiger partial charge in [0.05, 0.1) is 17.0 Å². The van der Waals surface area contributed by atoms with Crippen LogP contribution in [0.5, 0.6) is 0 Å². The number of nitrogens with one attached hydrogen (secondary N) is 2. The Morgan fingerprint density at radius 3 is 2.05 bits per heavy atom. The van der Waals surface area contributed by atoms with Gasteiger partial charge in [-0.15, -0.1) is 0 Å². The Bertz CT molecular complexity index is 1400. The van der Waals surface area contributed by atoms with Gasteiger partial charge in [-0.2, -0.15) is 39.5 Å². The van der Waals surface area contributed by atoms with Crippen molar-refractivity contribution in [3.05, 3.63) is 64.7 Å². The number of hydrogen-bond acceptors (Lipinski definition) is 4. The average Bonchev–Trinajstić information content (AvgIpc) is 2.99. The fourth-order valence-corrected chi connectivity index (χ4v) is 4.63. The first-order chi connectivity index (χ1) is 19.8. The zero-order valence-corrected chi connectivity index (χ0v) is 22.3. The van der Waals surface area contributed by atoms with Gasteiger partial charge in [-0.3, -0.25) is 14.4 Å². The van der Waals surface area contributed by atoms with E-state index >= 15 is 0 Å². The van der Waals surface area contributed by atoms with Crippen LogP contribution in [0.4, 0.5) is 45.2 Å². The maximum absolute atomic E-state index is 13.9. The number of primary amides is 1. The first kappa shape index (κ1) is 33.4. The van der Waals surface area contributed by atoms with Crippen LogP contribution in [0.15, 0.2) is 47.5 Å². The normalized spacial score (nSPS) is 17.2. The largest absolute Gasteiger partial charge is 0.418 e. The Labute approximate surface area is 238 Å². The molecular weight excluding hydrogens is 599 g/mol. The van der Waals surface area contributed by atoms with Crippen LogP contribution in [0.1, 0.15) is 47.9 Å². The summed E-state index contributed by atoms with van der Waals surface area (Å²) in [5, 5.41) is 4.06. The van der Waals surface area contributed by atoms with Gasteiger partial charge in [-0.1, -0.05) is 35.9 Å². The molecule has 0 spiro atoms. The number of nitrogens with zero attached hydrogens (tertiary/aromatic N) is 1. The van der Waals surface area contributed by atoms with Crippen molar-refractivity contribution in [1.82, 2.24) is 5.32 Å². The summed E-state index contributed by atoms with van der Waals surface area (Å²) >= 11 is 0. The number of anilines is 1. The highest BCUT2D eigenvalue weighted by Crippen LogP contribution is 2.39. The average molecular weight is 625 g/mol. The second-order valence-electron chi connectivity index (χ2n) is 9.90. The van der Waals surface area contributed by atoms with E-state index in [1.807, 2.05) is 5.32 Å². The van der Waals surface area contributed by atoms with Gasteiger partial charge >= 0.3 is 18.5 Å². The number of carbonyl (C=O) groups excluding carboxylic acids is 3. The predicted molar refractivity (Wildman–Crippen MR) is 136 cm³/mol. The molecule has 0 fully saturated rings. The minimum Gasteiger partial charge on any atom is -0.369 e. The second-order valence-corrected chi connectivity index (χ2v) is 9.90. The van der Waals surface area contributed by atoms with Crippen molar-refractivity contribution in [3.8, 4) is 0 Å². The summed E-state index contributed by atoms with van der Waals surface area (Å²) in [7, 11) is 0. The van der Waals surface area contributed by atoms with Crippen LogP contribution in [-0.4, -0.2) is 42.0 Å². The molecule has 43 heavy (non-hydrogen) atoms. The van der Waals surface area contributed by atoms with Crippen molar-refractivity contribution in [3.63, 3.8) is 0 Å². The van der Waals surface area contributed by atoms with E-state index < -0.39 is 91.2 Å². The number of benzodiazepines with no additional fused rings is 1. The van der Waals surface area contributed by atoms with E-state index in [0.717, 1.165) is 6.07 Å². The second kappa shape index (κ2) is 12.6. The first-order valence-corrected chi connectivity index (χ1v) is 12.7. The minimum atomic E-state index is -4.95. The van der Waals surface area contributed by atoms with Crippen molar-refractivity contribution in [2.75, 3.05) is 5.32 Å². The number of aryl methyl sites for hydroxylation is 1. The van der Waals surface area contributed by atoms with Crippen LogP contribution in [0.25, 0.3) is 0 Å². The number of amides is 3. The lowest BCUT2D eigenvalue weighted by Gasteiger charge is -2.26. The summed E-state index contributed by atoms with van der Waals surface area (Å²) in [6, 6.07) is 9.15. The fourth-order valence-electron chi connectivity index (χ4n) is 4.63. The van der Waals surface area contributed by atoms with Crippen molar-refractivity contribution in [2.45, 2.75) is 57.3 Å². The third-order valence-electron chi connectivity index (χ3n) is 6.62. The van der Waals surface area contributed by atoms with Crippen molar-refractivity contribution in [1.29, 1.82) is 0 Å². The zero-order valence-electron chi connectivity index (χ0n) is 22.3. The van der Waals surface area contributed by atoms with Crippen LogP contribution in [0.3, 0.4) is 0 Å². The van der Waals surface area contributed by atoms with E-state index in [1.54, 1.807) is 19.1 Å². The van der Waals surface area contributed by atoms with Crippen molar-refractivity contribution < 1.29 is 53.9 Å². The molecule has 3 rings (SSSR count). The van der Waals surface area contributed by atoms with Gasteiger partial charge in [0.15, 0.2) is 0 Å². The maximum atomic E-state index is 13.9. The molecule has 3 unspecified atom stereocenters. The highest BCUT2D eigenvalue weighted by atomic mass is 19.4. The van der Waals surface area contributed by atoms with Gasteiger partial charge in [0.2, 0.25) is 18.0 Å². The molecule has 4 N–H and O–H groups in total. The number of hydrogen-bond donors (Lipinski definition) is 3. The number of benzene rings is 2. The molecule has 234 valence electrons. The van der Waals surface area contributed by atoms with Gasteiger partial charge in [-0.25, -0.2) is 4.99 Å². The Kier molecular flexibility index (Phi) is 9.81. The maximum Gasteiger partial charge on any atom is 0.418 e. The number of alkyl halides is 9. The monoisotopic (exact) mass is 624 g/mol. The van der Waals surface area contributed by atoms with Crippen LogP contribution in [0, 0.1) is 18.8 Å². The number of halogens is 9.